The lowest BCUT2D eigenvalue weighted by atomic mass is 9.91. The first kappa shape index (κ1) is 16.5. The van der Waals surface area contributed by atoms with Gasteiger partial charge in [0.15, 0.2) is 0 Å². The highest BCUT2D eigenvalue weighted by molar-refractivity contribution is 5.95. The highest BCUT2D eigenvalue weighted by Gasteiger charge is 2.15. The third-order valence-corrected chi connectivity index (χ3v) is 4.86. The molecule has 1 aromatic heterocycles. The highest BCUT2D eigenvalue weighted by Crippen LogP contribution is 2.30. The minimum Gasteiger partial charge on any atom is -0.361 e. The van der Waals surface area contributed by atoms with Crippen molar-refractivity contribution in [2.45, 2.75) is 40.0 Å². The number of aromatic nitrogens is 1. The molecule has 0 atom stereocenters. The lowest BCUT2D eigenvalue weighted by Crippen LogP contribution is -2.15. The van der Waals surface area contributed by atoms with Crippen molar-refractivity contribution in [3.8, 4) is 11.1 Å². The van der Waals surface area contributed by atoms with Crippen molar-refractivity contribution >= 4 is 16.7 Å². The van der Waals surface area contributed by atoms with Crippen LogP contribution >= 0.6 is 0 Å². The van der Waals surface area contributed by atoms with Crippen LogP contribution in [0, 0.1) is 12.8 Å². The Morgan fingerprint density at radius 2 is 1.88 bits per heavy atom. The molecule has 0 unspecified atom stereocenters. The summed E-state index contributed by atoms with van der Waals surface area (Å²) in [7, 11) is 0. The fourth-order valence-electron chi connectivity index (χ4n) is 3.55. The van der Waals surface area contributed by atoms with Gasteiger partial charge in [-0.1, -0.05) is 49.7 Å². The normalized spacial score (nSPS) is 11.3. The van der Waals surface area contributed by atoms with Gasteiger partial charge in [-0.2, -0.15) is 0 Å². The standard InChI is InChI=1S/C22H25NO/c1-4-17(5-2)22(24)14-16-11-15(3)12-18(13-16)19-7-6-8-21-20(19)9-10-23-21/h6-13,17,23H,4-5,14H2,1-3H3. The summed E-state index contributed by atoms with van der Waals surface area (Å²) in [5.41, 5.74) is 5.87. The van der Waals surface area contributed by atoms with Gasteiger partial charge in [-0.3, -0.25) is 4.79 Å². The van der Waals surface area contributed by atoms with E-state index in [2.05, 4.69) is 68.2 Å². The summed E-state index contributed by atoms with van der Waals surface area (Å²) in [6, 6.07) is 14.9. The number of hydrogen-bond acceptors (Lipinski definition) is 1. The second kappa shape index (κ2) is 7.04. The van der Waals surface area contributed by atoms with Crippen molar-refractivity contribution in [1.29, 1.82) is 0 Å². The molecular formula is C22H25NO. The van der Waals surface area contributed by atoms with Crippen LogP contribution in [0.3, 0.4) is 0 Å². The molecule has 0 spiro atoms. The van der Waals surface area contributed by atoms with Crippen molar-refractivity contribution in [3.05, 3.63) is 59.8 Å². The quantitative estimate of drug-likeness (QED) is 0.622. The Labute approximate surface area is 143 Å². The second-order valence-electron chi connectivity index (χ2n) is 6.61. The highest BCUT2D eigenvalue weighted by atomic mass is 16.1. The van der Waals surface area contributed by atoms with Gasteiger partial charge in [-0.15, -0.1) is 0 Å². The average molecular weight is 319 g/mol. The minimum atomic E-state index is 0.182. The molecule has 0 radical (unpaired) electrons. The molecule has 3 rings (SSSR count). The Morgan fingerprint density at radius 3 is 2.62 bits per heavy atom. The number of aromatic amines is 1. The first-order chi connectivity index (χ1) is 11.6. The maximum atomic E-state index is 12.5. The number of hydrogen-bond donors (Lipinski definition) is 1. The summed E-state index contributed by atoms with van der Waals surface area (Å²) in [4.78, 5) is 15.8. The van der Waals surface area contributed by atoms with E-state index in [-0.39, 0.29) is 5.92 Å². The number of benzene rings is 2. The summed E-state index contributed by atoms with van der Waals surface area (Å²) in [6.45, 7) is 6.30. The zero-order valence-electron chi connectivity index (χ0n) is 14.7. The molecule has 0 saturated heterocycles. The van der Waals surface area contributed by atoms with E-state index in [1.165, 1.54) is 22.1 Å². The molecule has 2 nitrogen and oxygen atoms in total. The molecule has 1 N–H and O–H groups in total. The average Bonchev–Trinajstić information content (AvgIpc) is 3.04. The maximum Gasteiger partial charge on any atom is 0.140 e. The summed E-state index contributed by atoms with van der Waals surface area (Å²) in [5, 5.41) is 1.22. The van der Waals surface area contributed by atoms with E-state index < -0.39 is 0 Å². The third kappa shape index (κ3) is 3.28. The molecule has 0 aliphatic heterocycles. The number of Topliss-reactive ketones (excluding diaryl/α,β-unsaturated/α-hetero) is 1. The lowest BCUT2D eigenvalue weighted by Gasteiger charge is -2.13. The van der Waals surface area contributed by atoms with Crippen LogP contribution in [0.1, 0.15) is 37.8 Å². The number of carbonyl (C=O) groups excluding carboxylic acids is 1. The topological polar surface area (TPSA) is 32.9 Å². The molecule has 2 aromatic carbocycles. The van der Waals surface area contributed by atoms with E-state index in [1.807, 2.05) is 6.20 Å². The number of ketones is 1. The van der Waals surface area contributed by atoms with Crippen molar-refractivity contribution in [2.75, 3.05) is 0 Å². The molecule has 124 valence electrons. The number of carbonyl (C=O) groups is 1. The van der Waals surface area contributed by atoms with Crippen molar-refractivity contribution < 1.29 is 4.79 Å². The predicted molar refractivity (Wildman–Crippen MR) is 101 cm³/mol. The van der Waals surface area contributed by atoms with Gasteiger partial charge in [-0.05, 0) is 48.6 Å². The van der Waals surface area contributed by atoms with E-state index in [1.54, 1.807) is 0 Å². The molecule has 0 aliphatic carbocycles. The summed E-state index contributed by atoms with van der Waals surface area (Å²) < 4.78 is 0. The summed E-state index contributed by atoms with van der Waals surface area (Å²) in [5.74, 6) is 0.540. The Morgan fingerprint density at radius 1 is 1.08 bits per heavy atom. The van der Waals surface area contributed by atoms with Crippen LogP contribution in [0.2, 0.25) is 0 Å². The SMILES string of the molecule is CCC(CC)C(=O)Cc1cc(C)cc(-c2cccc3[nH]ccc23)c1. The van der Waals surface area contributed by atoms with Gasteiger partial charge >= 0.3 is 0 Å². The van der Waals surface area contributed by atoms with Crippen LogP contribution in [0.15, 0.2) is 48.7 Å². The first-order valence-electron chi connectivity index (χ1n) is 8.82. The van der Waals surface area contributed by atoms with Crippen LogP contribution < -0.4 is 0 Å². The number of H-pyrrole nitrogens is 1. The molecule has 0 amide bonds. The molecule has 3 aromatic rings. The van der Waals surface area contributed by atoms with Crippen LogP contribution in [0.4, 0.5) is 0 Å². The van der Waals surface area contributed by atoms with Crippen LogP contribution in [-0.4, -0.2) is 10.8 Å². The fourth-order valence-corrected chi connectivity index (χ4v) is 3.55. The van der Waals surface area contributed by atoms with Gasteiger partial charge in [0.2, 0.25) is 0 Å². The zero-order valence-corrected chi connectivity index (χ0v) is 14.7. The van der Waals surface area contributed by atoms with Crippen LogP contribution in [0.5, 0.6) is 0 Å². The lowest BCUT2D eigenvalue weighted by molar-refractivity contribution is -0.122. The summed E-state index contributed by atoms with van der Waals surface area (Å²) >= 11 is 0. The number of aryl methyl sites for hydroxylation is 1. The van der Waals surface area contributed by atoms with Gasteiger partial charge in [0, 0.05) is 29.4 Å². The second-order valence-corrected chi connectivity index (χ2v) is 6.61. The molecule has 0 saturated carbocycles. The largest absolute Gasteiger partial charge is 0.361 e. The third-order valence-electron chi connectivity index (χ3n) is 4.86. The summed E-state index contributed by atoms with van der Waals surface area (Å²) in [6.07, 6.45) is 4.36. The smallest absolute Gasteiger partial charge is 0.140 e. The van der Waals surface area contributed by atoms with Crippen LogP contribution in [-0.2, 0) is 11.2 Å². The van der Waals surface area contributed by atoms with Crippen molar-refractivity contribution in [3.63, 3.8) is 0 Å². The van der Waals surface area contributed by atoms with Gasteiger partial charge in [-0.25, -0.2) is 0 Å². The van der Waals surface area contributed by atoms with E-state index in [4.69, 9.17) is 0 Å². The Kier molecular flexibility index (Phi) is 4.84. The van der Waals surface area contributed by atoms with E-state index >= 15 is 0 Å². The van der Waals surface area contributed by atoms with Gasteiger partial charge in [0.05, 0.1) is 0 Å². The Balaban J connectivity index is 1.98. The van der Waals surface area contributed by atoms with E-state index in [9.17, 15) is 4.79 Å². The molecule has 2 heteroatoms. The van der Waals surface area contributed by atoms with Crippen LogP contribution in [0.25, 0.3) is 22.0 Å². The minimum absolute atomic E-state index is 0.182. The van der Waals surface area contributed by atoms with E-state index in [0.717, 1.165) is 23.9 Å². The molecule has 0 aliphatic rings. The first-order valence-corrected chi connectivity index (χ1v) is 8.82. The molecular weight excluding hydrogens is 294 g/mol. The Bertz CT molecular complexity index is 855. The predicted octanol–water partition coefficient (Wildman–Crippen LogP) is 5.69. The molecule has 0 fully saturated rings. The van der Waals surface area contributed by atoms with Crippen molar-refractivity contribution in [2.24, 2.45) is 5.92 Å². The fraction of sp³-hybridized carbons (Fsp3) is 0.318. The van der Waals surface area contributed by atoms with Gasteiger partial charge < -0.3 is 4.98 Å². The van der Waals surface area contributed by atoms with Crippen molar-refractivity contribution in [1.82, 2.24) is 4.98 Å². The van der Waals surface area contributed by atoms with Gasteiger partial charge in [0.1, 0.15) is 5.78 Å². The number of nitrogens with one attached hydrogen (secondary N) is 1. The van der Waals surface area contributed by atoms with Gasteiger partial charge in [0.25, 0.3) is 0 Å². The monoisotopic (exact) mass is 319 g/mol. The van der Waals surface area contributed by atoms with E-state index in [0.29, 0.717) is 12.2 Å². The number of rotatable bonds is 6. The zero-order chi connectivity index (χ0) is 17.1. The number of fused-ring (bicyclic) bond motifs is 1. The maximum absolute atomic E-state index is 12.5. The molecule has 1 heterocycles. The Hall–Kier alpha value is -2.35. The molecule has 0 bridgehead atoms. The molecule has 24 heavy (non-hydrogen) atoms.